The number of nitrogens with zero attached hydrogens (tertiary/aromatic N) is 4. The SMILES string of the molecule is C[C@@H](n1ccc2cc(F)ccc2c1=O)[C@](O)(Cn1cncn1)c1cc(F)ccc1F. The Morgan fingerprint density at radius 2 is 1.83 bits per heavy atom. The maximum absolute atomic E-state index is 14.7. The molecule has 2 heterocycles. The molecule has 4 rings (SSSR count). The molecule has 154 valence electrons. The van der Waals surface area contributed by atoms with E-state index in [1.54, 1.807) is 0 Å². The molecule has 0 fully saturated rings. The predicted octanol–water partition coefficient (Wildman–Crippen LogP) is 3.16. The zero-order valence-electron chi connectivity index (χ0n) is 15.8. The Bertz CT molecular complexity index is 1270. The molecular formula is C21H17F3N4O2. The van der Waals surface area contributed by atoms with Gasteiger partial charge >= 0.3 is 0 Å². The van der Waals surface area contributed by atoms with Crippen LogP contribution in [0, 0.1) is 17.5 Å². The Hall–Kier alpha value is -3.46. The first kappa shape index (κ1) is 19.8. The van der Waals surface area contributed by atoms with Crippen molar-refractivity contribution in [1.82, 2.24) is 19.3 Å². The number of pyridine rings is 1. The molecule has 0 saturated carbocycles. The second kappa shape index (κ2) is 7.42. The van der Waals surface area contributed by atoms with Crippen molar-refractivity contribution in [2.24, 2.45) is 0 Å². The number of hydrogen-bond acceptors (Lipinski definition) is 4. The minimum absolute atomic E-state index is 0.230. The van der Waals surface area contributed by atoms with E-state index in [1.165, 1.54) is 53.2 Å². The molecule has 30 heavy (non-hydrogen) atoms. The molecule has 0 aliphatic heterocycles. The molecule has 0 spiro atoms. The van der Waals surface area contributed by atoms with E-state index in [2.05, 4.69) is 10.1 Å². The molecule has 4 aromatic rings. The van der Waals surface area contributed by atoms with Gasteiger partial charge in [0.15, 0.2) is 0 Å². The average Bonchev–Trinajstić information content (AvgIpc) is 3.22. The van der Waals surface area contributed by atoms with Gasteiger partial charge in [0.25, 0.3) is 5.56 Å². The van der Waals surface area contributed by atoms with Crippen molar-refractivity contribution < 1.29 is 18.3 Å². The molecule has 2 aromatic heterocycles. The fourth-order valence-electron chi connectivity index (χ4n) is 3.60. The standard InChI is InChI=1S/C21H17F3N4O2/c1-13(28-7-6-14-8-15(22)2-4-17(14)20(28)29)21(30,10-27-12-25-11-26-27)18-9-16(23)3-5-19(18)24/h2-9,11-13,30H,10H2,1H3/t13-,21-/m1/s1. The highest BCUT2D eigenvalue weighted by molar-refractivity contribution is 5.81. The Morgan fingerprint density at radius 3 is 2.57 bits per heavy atom. The van der Waals surface area contributed by atoms with Gasteiger partial charge < -0.3 is 9.67 Å². The van der Waals surface area contributed by atoms with E-state index in [4.69, 9.17) is 0 Å². The Morgan fingerprint density at radius 1 is 1.10 bits per heavy atom. The lowest BCUT2D eigenvalue weighted by molar-refractivity contribution is -0.0342. The van der Waals surface area contributed by atoms with Crippen molar-refractivity contribution in [3.8, 4) is 0 Å². The summed E-state index contributed by atoms with van der Waals surface area (Å²) < 4.78 is 44.6. The van der Waals surface area contributed by atoms with E-state index in [9.17, 15) is 23.1 Å². The first-order valence-corrected chi connectivity index (χ1v) is 9.10. The van der Waals surface area contributed by atoms with Gasteiger partial charge in [-0.15, -0.1) is 0 Å². The van der Waals surface area contributed by atoms with E-state index < -0.39 is 34.7 Å². The zero-order valence-corrected chi connectivity index (χ0v) is 15.8. The lowest BCUT2D eigenvalue weighted by Gasteiger charge is -2.35. The van der Waals surface area contributed by atoms with Crippen LogP contribution in [0.3, 0.4) is 0 Å². The lowest BCUT2D eigenvalue weighted by Crippen LogP contribution is -2.43. The molecule has 9 heteroatoms. The number of hydrogen-bond donors (Lipinski definition) is 1. The quantitative estimate of drug-likeness (QED) is 0.545. The average molecular weight is 414 g/mol. The van der Waals surface area contributed by atoms with E-state index in [0.29, 0.717) is 5.39 Å². The van der Waals surface area contributed by atoms with Crippen LogP contribution in [0.15, 0.2) is 66.1 Å². The molecular weight excluding hydrogens is 397 g/mol. The van der Waals surface area contributed by atoms with Gasteiger partial charge in [-0.3, -0.25) is 4.79 Å². The van der Waals surface area contributed by atoms with Gasteiger partial charge in [0.05, 0.1) is 12.6 Å². The maximum Gasteiger partial charge on any atom is 0.258 e. The Kier molecular flexibility index (Phi) is 4.90. The summed E-state index contributed by atoms with van der Waals surface area (Å²) in [7, 11) is 0. The van der Waals surface area contributed by atoms with Crippen molar-refractivity contribution in [1.29, 1.82) is 0 Å². The zero-order chi connectivity index (χ0) is 21.5. The van der Waals surface area contributed by atoms with Crippen LogP contribution >= 0.6 is 0 Å². The highest BCUT2D eigenvalue weighted by atomic mass is 19.1. The molecule has 0 unspecified atom stereocenters. The topological polar surface area (TPSA) is 72.9 Å². The molecule has 1 N–H and O–H groups in total. The molecule has 2 atom stereocenters. The normalized spacial score (nSPS) is 14.6. The molecule has 0 amide bonds. The monoisotopic (exact) mass is 414 g/mol. The first-order valence-electron chi connectivity index (χ1n) is 9.10. The summed E-state index contributed by atoms with van der Waals surface area (Å²) in [4.78, 5) is 16.8. The van der Waals surface area contributed by atoms with Crippen molar-refractivity contribution in [2.45, 2.75) is 25.1 Å². The van der Waals surface area contributed by atoms with Crippen molar-refractivity contribution in [2.75, 3.05) is 0 Å². The molecule has 0 aliphatic carbocycles. The van der Waals surface area contributed by atoms with Gasteiger partial charge in [0.1, 0.15) is 35.7 Å². The molecule has 0 aliphatic rings. The van der Waals surface area contributed by atoms with Crippen LogP contribution in [-0.4, -0.2) is 24.4 Å². The Labute approximate surface area is 168 Å². The molecule has 2 aromatic carbocycles. The minimum Gasteiger partial charge on any atom is -0.381 e. The number of benzene rings is 2. The van der Waals surface area contributed by atoms with Crippen LogP contribution in [0.5, 0.6) is 0 Å². The van der Waals surface area contributed by atoms with Crippen LogP contribution in [0.2, 0.25) is 0 Å². The van der Waals surface area contributed by atoms with Crippen LogP contribution in [0.25, 0.3) is 10.8 Å². The lowest BCUT2D eigenvalue weighted by atomic mass is 9.86. The molecule has 0 radical (unpaired) electrons. The number of halogens is 3. The number of rotatable bonds is 5. The van der Waals surface area contributed by atoms with Crippen LogP contribution < -0.4 is 5.56 Å². The molecule has 0 bridgehead atoms. The highest BCUT2D eigenvalue weighted by Crippen LogP contribution is 2.36. The fraction of sp³-hybridized carbons (Fsp3) is 0.190. The van der Waals surface area contributed by atoms with Gasteiger partial charge in [-0.2, -0.15) is 5.10 Å². The van der Waals surface area contributed by atoms with E-state index in [1.807, 2.05) is 0 Å². The largest absolute Gasteiger partial charge is 0.381 e. The summed E-state index contributed by atoms with van der Waals surface area (Å²) in [5.41, 5.74) is -2.89. The third-order valence-corrected chi connectivity index (χ3v) is 5.27. The Balaban J connectivity index is 1.90. The summed E-state index contributed by atoms with van der Waals surface area (Å²) in [5.74, 6) is -2.06. The number of aromatic nitrogens is 4. The van der Waals surface area contributed by atoms with Gasteiger partial charge in [0.2, 0.25) is 0 Å². The van der Waals surface area contributed by atoms with Gasteiger partial charge in [-0.1, -0.05) is 0 Å². The summed E-state index contributed by atoms with van der Waals surface area (Å²) in [5, 5.41) is 16.2. The summed E-state index contributed by atoms with van der Waals surface area (Å²) in [6, 6.07) is 6.95. The fourth-order valence-corrected chi connectivity index (χ4v) is 3.60. The van der Waals surface area contributed by atoms with Crippen molar-refractivity contribution in [3.05, 3.63) is 94.7 Å². The summed E-state index contributed by atoms with van der Waals surface area (Å²) in [6.07, 6.45) is 3.95. The number of aliphatic hydroxyl groups is 1. The number of fused-ring (bicyclic) bond motifs is 1. The third kappa shape index (κ3) is 3.37. The van der Waals surface area contributed by atoms with Gasteiger partial charge in [0, 0.05) is 17.1 Å². The van der Waals surface area contributed by atoms with Crippen molar-refractivity contribution >= 4 is 10.8 Å². The van der Waals surface area contributed by atoms with Crippen LogP contribution in [-0.2, 0) is 12.1 Å². The predicted molar refractivity (Wildman–Crippen MR) is 103 cm³/mol. The van der Waals surface area contributed by atoms with E-state index in [0.717, 1.165) is 24.3 Å². The first-order chi connectivity index (χ1) is 14.3. The second-order valence-electron chi connectivity index (χ2n) is 7.08. The molecule has 6 nitrogen and oxygen atoms in total. The third-order valence-electron chi connectivity index (χ3n) is 5.27. The van der Waals surface area contributed by atoms with Crippen LogP contribution in [0.4, 0.5) is 13.2 Å². The molecule has 0 saturated heterocycles. The van der Waals surface area contributed by atoms with Gasteiger partial charge in [-0.25, -0.2) is 22.8 Å². The summed E-state index contributed by atoms with van der Waals surface area (Å²) >= 11 is 0. The van der Waals surface area contributed by atoms with Crippen molar-refractivity contribution in [3.63, 3.8) is 0 Å². The van der Waals surface area contributed by atoms with Crippen LogP contribution in [0.1, 0.15) is 18.5 Å². The maximum atomic E-state index is 14.7. The minimum atomic E-state index is -2.06. The second-order valence-corrected chi connectivity index (χ2v) is 7.08. The smallest absolute Gasteiger partial charge is 0.258 e. The summed E-state index contributed by atoms with van der Waals surface area (Å²) in [6.45, 7) is 1.22. The van der Waals surface area contributed by atoms with Gasteiger partial charge in [-0.05, 0) is 54.8 Å². The highest BCUT2D eigenvalue weighted by Gasteiger charge is 2.41. The van der Waals surface area contributed by atoms with E-state index in [-0.39, 0.29) is 17.5 Å². The van der Waals surface area contributed by atoms with E-state index >= 15 is 0 Å².